The van der Waals surface area contributed by atoms with Gasteiger partial charge in [0.2, 0.25) is 0 Å². The van der Waals surface area contributed by atoms with E-state index in [1.807, 2.05) is 25.1 Å². The van der Waals surface area contributed by atoms with Crippen LogP contribution in [0.2, 0.25) is 0 Å². The van der Waals surface area contributed by atoms with Crippen LogP contribution in [0.4, 0.5) is 0 Å². The average molecular weight is 233 g/mol. The lowest BCUT2D eigenvalue weighted by Crippen LogP contribution is -2.37. The van der Waals surface area contributed by atoms with Gasteiger partial charge in [-0.15, -0.1) is 0 Å². The van der Waals surface area contributed by atoms with Crippen molar-refractivity contribution in [3.8, 4) is 5.75 Å². The number of amides is 1. The first-order valence-electron chi connectivity index (χ1n) is 6.11. The largest absolute Gasteiger partial charge is 0.491 e. The summed E-state index contributed by atoms with van der Waals surface area (Å²) in [6.07, 6.45) is 0.943. The molecule has 0 radical (unpaired) electrons. The van der Waals surface area contributed by atoms with Crippen molar-refractivity contribution in [3.05, 3.63) is 29.3 Å². The molecule has 1 amide bonds. The molecule has 1 aliphatic heterocycles. The molecule has 0 aliphatic carbocycles. The van der Waals surface area contributed by atoms with Crippen LogP contribution in [0, 0.1) is 12.8 Å². The van der Waals surface area contributed by atoms with Gasteiger partial charge in [-0.1, -0.05) is 26.0 Å². The van der Waals surface area contributed by atoms with Gasteiger partial charge in [-0.2, -0.15) is 0 Å². The molecule has 0 unspecified atom stereocenters. The Balaban J connectivity index is 2.24. The number of carbonyl (C=O) groups excluding carboxylic acids is 1. The summed E-state index contributed by atoms with van der Waals surface area (Å²) in [5, 5.41) is 3.04. The van der Waals surface area contributed by atoms with E-state index >= 15 is 0 Å². The molecule has 1 aromatic rings. The summed E-state index contributed by atoms with van der Waals surface area (Å²) in [7, 11) is 0. The highest BCUT2D eigenvalue weighted by Gasteiger charge is 2.24. The van der Waals surface area contributed by atoms with Crippen LogP contribution in [0.15, 0.2) is 18.2 Å². The highest BCUT2D eigenvalue weighted by Crippen LogP contribution is 2.25. The Bertz CT molecular complexity index is 426. The van der Waals surface area contributed by atoms with E-state index in [9.17, 15) is 4.79 Å². The number of ether oxygens (including phenoxy) is 1. The molecule has 0 saturated heterocycles. The van der Waals surface area contributed by atoms with Crippen molar-refractivity contribution in [2.45, 2.75) is 33.2 Å². The predicted molar refractivity (Wildman–Crippen MR) is 67.4 cm³/mol. The maximum absolute atomic E-state index is 12.1. The van der Waals surface area contributed by atoms with Crippen LogP contribution in [0.25, 0.3) is 0 Å². The minimum absolute atomic E-state index is 0.0127. The van der Waals surface area contributed by atoms with Gasteiger partial charge >= 0.3 is 0 Å². The van der Waals surface area contributed by atoms with Gasteiger partial charge in [0.15, 0.2) is 0 Å². The van der Waals surface area contributed by atoms with Crippen LogP contribution >= 0.6 is 0 Å². The van der Waals surface area contributed by atoms with Crippen LogP contribution in [0.1, 0.15) is 36.2 Å². The summed E-state index contributed by atoms with van der Waals surface area (Å²) >= 11 is 0. The maximum atomic E-state index is 12.1. The third kappa shape index (κ3) is 2.60. The fourth-order valence-corrected chi connectivity index (χ4v) is 2.24. The number of aryl methyl sites for hydroxylation is 1. The molecule has 0 bridgehead atoms. The Morgan fingerprint density at radius 3 is 2.94 bits per heavy atom. The second-order valence-corrected chi connectivity index (χ2v) is 5.06. The van der Waals surface area contributed by atoms with Gasteiger partial charge in [0.05, 0.1) is 11.6 Å². The normalized spacial score (nSPS) is 19.3. The molecule has 0 spiro atoms. The molecular weight excluding hydrogens is 214 g/mol. The van der Waals surface area contributed by atoms with Crippen molar-refractivity contribution in [1.82, 2.24) is 5.32 Å². The molecule has 3 heteroatoms. The van der Waals surface area contributed by atoms with E-state index in [-0.39, 0.29) is 11.9 Å². The van der Waals surface area contributed by atoms with Crippen LogP contribution < -0.4 is 10.1 Å². The monoisotopic (exact) mass is 233 g/mol. The number of benzene rings is 1. The first kappa shape index (κ1) is 12.0. The van der Waals surface area contributed by atoms with E-state index in [0.717, 1.165) is 12.0 Å². The molecular formula is C14H19NO2. The van der Waals surface area contributed by atoms with Gasteiger partial charge in [-0.25, -0.2) is 0 Å². The zero-order chi connectivity index (χ0) is 12.4. The van der Waals surface area contributed by atoms with Crippen LogP contribution in [0.5, 0.6) is 5.75 Å². The Kier molecular flexibility index (Phi) is 3.36. The van der Waals surface area contributed by atoms with Gasteiger partial charge in [0.1, 0.15) is 12.4 Å². The molecule has 0 saturated carbocycles. The average Bonchev–Trinajstić information content (AvgIpc) is 2.38. The molecule has 0 fully saturated rings. The van der Waals surface area contributed by atoms with Crippen molar-refractivity contribution in [1.29, 1.82) is 0 Å². The fourth-order valence-electron chi connectivity index (χ4n) is 2.24. The Hall–Kier alpha value is -1.51. The number of hydrogen-bond donors (Lipinski definition) is 1. The molecule has 1 N–H and O–H groups in total. The molecule has 1 aromatic carbocycles. The molecule has 3 nitrogen and oxygen atoms in total. The summed E-state index contributed by atoms with van der Waals surface area (Å²) in [4.78, 5) is 12.1. The topological polar surface area (TPSA) is 38.3 Å². The first-order valence-corrected chi connectivity index (χ1v) is 6.11. The number of carbonyl (C=O) groups is 1. The van der Waals surface area contributed by atoms with Gasteiger partial charge in [0.25, 0.3) is 5.91 Å². The van der Waals surface area contributed by atoms with E-state index in [1.165, 1.54) is 0 Å². The van der Waals surface area contributed by atoms with Crippen LogP contribution in [-0.2, 0) is 0 Å². The zero-order valence-electron chi connectivity index (χ0n) is 10.6. The molecule has 92 valence electrons. The lowest BCUT2D eigenvalue weighted by Gasteiger charge is -2.17. The van der Waals surface area contributed by atoms with E-state index in [1.54, 1.807) is 0 Å². The smallest absolute Gasteiger partial charge is 0.255 e. The van der Waals surface area contributed by atoms with Gasteiger partial charge in [-0.3, -0.25) is 4.79 Å². The van der Waals surface area contributed by atoms with Gasteiger partial charge < -0.3 is 10.1 Å². The summed E-state index contributed by atoms with van der Waals surface area (Å²) in [5.41, 5.74) is 1.64. The van der Waals surface area contributed by atoms with Crippen molar-refractivity contribution in [2.24, 2.45) is 5.92 Å². The number of nitrogens with one attached hydrogen (secondary N) is 1. The standard InChI is InChI=1S/C14H19NO2/c1-9(2)7-11-8-17-12-6-4-5-10(3)13(12)14(16)15-11/h4-6,9,11H,7-8H2,1-3H3,(H,15,16)/t11-/m0/s1. The highest BCUT2D eigenvalue weighted by atomic mass is 16.5. The minimum Gasteiger partial charge on any atom is -0.491 e. The van der Waals surface area contributed by atoms with Crippen molar-refractivity contribution in [3.63, 3.8) is 0 Å². The Morgan fingerprint density at radius 2 is 2.24 bits per heavy atom. The summed E-state index contributed by atoms with van der Waals surface area (Å²) in [6, 6.07) is 5.82. The lowest BCUT2D eigenvalue weighted by molar-refractivity contribution is 0.0933. The van der Waals surface area contributed by atoms with Crippen molar-refractivity contribution in [2.75, 3.05) is 6.61 Å². The van der Waals surface area contributed by atoms with Crippen LogP contribution in [0.3, 0.4) is 0 Å². The van der Waals surface area contributed by atoms with E-state index < -0.39 is 0 Å². The van der Waals surface area contributed by atoms with Crippen molar-refractivity contribution < 1.29 is 9.53 Å². The second kappa shape index (κ2) is 4.78. The Labute approximate surface area is 102 Å². The molecule has 1 atom stereocenters. The Morgan fingerprint density at radius 1 is 1.47 bits per heavy atom. The SMILES string of the molecule is Cc1cccc2c1C(=O)N[C@@H](CC(C)C)CO2. The predicted octanol–water partition coefficient (Wildman–Crippen LogP) is 2.53. The zero-order valence-corrected chi connectivity index (χ0v) is 10.6. The molecule has 1 heterocycles. The van der Waals surface area contributed by atoms with E-state index in [2.05, 4.69) is 19.2 Å². The third-order valence-electron chi connectivity index (χ3n) is 2.99. The molecule has 2 rings (SSSR count). The van der Waals surface area contributed by atoms with Gasteiger partial charge in [-0.05, 0) is 30.9 Å². The molecule has 1 aliphatic rings. The van der Waals surface area contributed by atoms with E-state index in [0.29, 0.717) is 23.8 Å². The highest BCUT2D eigenvalue weighted by molar-refractivity contribution is 5.98. The minimum atomic E-state index is -0.0127. The molecule has 17 heavy (non-hydrogen) atoms. The quantitative estimate of drug-likeness (QED) is 0.852. The third-order valence-corrected chi connectivity index (χ3v) is 2.99. The first-order chi connectivity index (χ1) is 8.08. The number of fused-ring (bicyclic) bond motifs is 1. The summed E-state index contributed by atoms with van der Waals surface area (Å²) in [6.45, 7) is 6.79. The number of rotatable bonds is 2. The molecule has 0 aromatic heterocycles. The van der Waals surface area contributed by atoms with E-state index in [4.69, 9.17) is 4.74 Å². The fraction of sp³-hybridized carbons (Fsp3) is 0.500. The van der Waals surface area contributed by atoms with Gasteiger partial charge in [0, 0.05) is 0 Å². The lowest BCUT2D eigenvalue weighted by atomic mass is 10.0. The van der Waals surface area contributed by atoms with Crippen molar-refractivity contribution >= 4 is 5.91 Å². The maximum Gasteiger partial charge on any atom is 0.255 e. The van der Waals surface area contributed by atoms with Crippen LogP contribution in [-0.4, -0.2) is 18.6 Å². The summed E-state index contributed by atoms with van der Waals surface area (Å²) in [5.74, 6) is 1.24. The number of hydrogen-bond acceptors (Lipinski definition) is 2. The summed E-state index contributed by atoms with van der Waals surface area (Å²) < 4.78 is 5.73. The second-order valence-electron chi connectivity index (χ2n) is 5.06.